The molecule has 0 aliphatic rings. The quantitative estimate of drug-likeness (QED) is 0.690. The van der Waals surface area contributed by atoms with E-state index in [0.717, 1.165) is 12.1 Å². The maximum atomic E-state index is 13.5. The van der Waals surface area contributed by atoms with Gasteiger partial charge in [0.25, 0.3) is 5.91 Å². The standard InChI is InChI=1S/C19H22FN3O2/c1-2-11-21-18(24)13-22-16-9-7-14(8-10-16)19(25)23-12-15-5-3-4-6-17(15)20/h3-10,22H,2,11-13H2,1H3,(H,21,24)(H,23,25). The minimum atomic E-state index is -0.344. The SMILES string of the molecule is CCCNC(=O)CNc1ccc(C(=O)NCc2ccccc2F)cc1. The first kappa shape index (κ1) is 18.4. The van der Waals surface area contributed by atoms with Crippen molar-refractivity contribution in [3.63, 3.8) is 0 Å². The number of hydrogen-bond donors (Lipinski definition) is 3. The van der Waals surface area contributed by atoms with Crippen LogP contribution in [0.5, 0.6) is 0 Å². The Bertz CT molecular complexity index is 717. The van der Waals surface area contributed by atoms with Crippen LogP contribution in [-0.4, -0.2) is 24.9 Å². The fraction of sp³-hybridized carbons (Fsp3) is 0.263. The molecule has 2 rings (SSSR count). The van der Waals surface area contributed by atoms with Crippen LogP contribution in [0, 0.1) is 5.82 Å². The molecule has 2 aromatic carbocycles. The molecular weight excluding hydrogens is 321 g/mol. The highest BCUT2D eigenvalue weighted by Gasteiger charge is 2.07. The third kappa shape index (κ3) is 5.91. The van der Waals surface area contributed by atoms with Crippen molar-refractivity contribution in [2.24, 2.45) is 0 Å². The number of halogens is 1. The first-order chi connectivity index (χ1) is 12.1. The highest BCUT2D eigenvalue weighted by atomic mass is 19.1. The van der Waals surface area contributed by atoms with Crippen molar-refractivity contribution in [2.75, 3.05) is 18.4 Å². The number of carbonyl (C=O) groups excluding carboxylic acids is 2. The molecule has 0 aliphatic carbocycles. The summed E-state index contributed by atoms with van der Waals surface area (Å²) in [5, 5.41) is 8.45. The molecule has 25 heavy (non-hydrogen) atoms. The van der Waals surface area contributed by atoms with E-state index in [1.54, 1.807) is 42.5 Å². The first-order valence-corrected chi connectivity index (χ1v) is 8.22. The van der Waals surface area contributed by atoms with E-state index in [-0.39, 0.29) is 30.7 Å². The van der Waals surface area contributed by atoms with Gasteiger partial charge in [0, 0.05) is 29.9 Å². The van der Waals surface area contributed by atoms with Crippen LogP contribution in [0.2, 0.25) is 0 Å². The Kier molecular flexibility index (Phi) is 6.95. The Labute approximate surface area is 146 Å². The van der Waals surface area contributed by atoms with Gasteiger partial charge in [-0.2, -0.15) is 0 Å². The van der Waals surface area contributed by atoms with Crippen LogP contribution in [0.25, 0.3) is 0 Å². The maximum Gasteiger partial charge on any atom is 0.251 e. The van der Waals surface area contributed by atoms with Crippen molar-refractivity contribution < 1.29 is 14.0 Å². The van der Waals surface area contributed by atoms with Crippen LogP contribution < -0.4 is 16.0 Å². The summed E-state index contributed by atoms with van der Waals surface area (Å²) in [6.07, 6.45) is 0.891. The highest BCUT2D eigenvalue weighted by Crippen LogP contribution is 2.10. The molecule has 6 heteroatoms. The minimum absolute atomic E-state index is 0.0754. The average molecular weight is 343 g/mol. The number of nitrogens with one attached hydrogen (secondary N) is 3. The van der Waals surface area contributed by atoms with Crippen LogP contribution in [0.4, 0.5) is 10.1 Å². The number of rotatable bonds is 8. The number of hydrogen-bond acceptors (Lipinski definition) is 3. The maximum absolute atomic E-state index is 13.5. The zero-order valence-electron chi connectivity index (χ0n) is 14.1. The Balaban J connectivity index is 1.83. The summed E-state index contributed by atoms with van der Waals surface area (Å²) < 4.78 is 13.5. The summed E-state index contributed by atoms with van der Waals surface area (Å²) in [4.78, 5) is 23.6. The molecule has 0 unspecified atom stereocenters. The number of amides is 2. The molecule has 0 bridgehead atoms. The Morgan fingerprint density at radius 2 is 1.72 bits per heavy atom. The van der Waals surface area contributed by atoms with Crippen molar-refractivity contribution in [3.05, 3.63) is 65.5 Å². The van der Waals surface area contributed by atoms with E-state index in [1.165, 1.54) is 6.07 Å². The van der Waals surface area contributed by atoms with Crippen molar-refractivity contribution in [2.45, 2.75) is 19.9 Å². The van der Waals surface area contributed by atoms with Crippen LogP contribution in [-0.2, 0) is 11.3 Å². The van der Waals surface area contributed by atoms with Crippen LogP contribution in [0.15, 0.2) is 48.5 Å². The molecule has 0 heterocycles. The van der Waals surface area contributed by atoms with Gasteiger partial charge in [-0.05, 0) is 36.8 Å². The van der Waals surface area contributed by atoms with Gasteiger partial charge in [-0.1, -0.05) is 25.1 Å². The van der Waals surface area contributed by atoms with Gasteiger partial charge in [-0.3, -0.25) is 9.59 Å². The number of anilines is 1. The molecule has 0 fully saturated rings. The summed E-state index contributed by atoms with van der Waals surface area (Å²) in [6.45, 7) is 2.95. The summed E-state index contributed by atoms with van der Waals surface area (Å²) in [5.74, 6) is -0.701. The molecule has 3 N–H and O–H groups in total. The van der Waals surface area contributed by atoms with Crippen LogP contribution >= 0.6 is 0 Å². The average Bonchev–Trinajstić information content (AvgIpc) is 2.64. The molecule has 0 aliphatic heterocycles. The summed E-state index contributed by atoms with van der Waals surface area (Å²) in [6, 6.07) is 13.1. The van der Waals surface area contributed by atoms with Gasteiger partial charge in [0.2, 0.25) is 5.91 Å². The van der Waals surface area contributed by atoms with E-state index in [0.29, 0.717) is 17.7 Å². The topological polar surface area (TPSA) is 70.2 Å². The summed E-state index contributed by atoms with van der Waals surface area (Å²) in [7, 11) is 0. The van der Waals surface area contributed by atoms with Gasteiger partial charge in [0.15, 0.2) is 0 Å². The van der Waals surface area contributed by atoms with E-state index in [2.05, 4.69) is 16.0 Å². The third-order valence-electron chi connectivity index (χ3n) is 3.57. The van der Waals surface area contributed by atoms with E-state index in [1.807, 2.05) is 6.92 Å². The zero-order valence-corrected chi connectivity index (χ0v) is 14.1. The Hall–Kier alpha value is -2.89. The smallest absolute Gasteiger partial charge is 0.251 e. The Morgan fingerprint density at radius 1 is 1.00 bits per heavy atom. The van der Waals surface area contributed by atoms with Crippen LogP contribution in [0.3, 0.4) is 0 Å². The molecule has 0 radical (unpaired) electrons. The minimum Gasteiger partial charge on any atom is -0.376 e. The molecular formula is C19H22FN3O2. The predicted molar refractivity (Wildman–Crippen MR) is 95.8 cm³/mol. The number of carbonyl (C=O) groups is 2. The van der Waals surface area contributed by atoms with Gasteiger partial charge >= 0.3 is 0 Å². The second kappa shape index (κ2) is 9.42. The second-order valence-corrected chi connectivity index (χ2v) is 5.55. The highest BCUT2D eigenvalue weighted by molar-refractivity contribution is 5.94. The lowest BCUT2D eigenvalue weighted by Crippen LogP contribution is -2.30. The molecule has 2 amide bonds. The van der Waals surface area contributed by atoms with Crippen molar-refractivity contribution >= 4 is 17.5 Å². The van der Waals surface area contributed by atoms with Gasteiger partial charge < -0.3 is 16.0 Å². The van der Waals surface area contributed by atoms with E-state index in [4.69, 9.17) is 0 Å². The largest absolute Gasteiger partial charge is 0.376 e. The monoisotopic (exact) mass is 343 g/mol. The normalized spacial score (nSPS) is 10.2. The Morgan fingerprint density at radius 3 is 2.40 bits per heavy atom. The predicted octanol–water partition coefficient (Wildman–Crippen LogP) is 2.69. The van der Waals surface area contributed by atoms with E-state index in [9.17, 15) is 14.0 Å². The van der Waals surface area contributed by atoms with Crippen LogP contribution in [0.1, 0.15) is 29.3 Å². The fourth-order valence-electron chi connectivity index (χ4n) is 2.17. The molecule has 0 saturated heterocycles. The fourth-order valence-corrected chi connectivity index (χ4v) is 2.17. The van der Waals surface area contributed by atoms with Gasteiger partial charge in [-0.15, -0.1) is 0 Å². The molecule has 0 spiro atoms. The summed E-state index contributed by atoms with van der Waals surface area (Å²) in [5.41, 5.74) is 1.65. The van der Waals surface area contributed by atoms with E-state index >= 15 is 0 Å². The lowest BCUT2D eigenvalue weighted by atomic mass is 10.1. The molecule has 132 valence electrons. The molecule has 2 aromatic rings. The zero-order chi connectivity index (χ0) is 18.1. The molecule has 0 saturated carbocycles. The van der Waals surface area contributed by atoms with Crippen molar-refractivity contribution in [1.29, 1.82) is 0 Å². The summed E-state index contributed by atoms with van der Waals surface area (Å²) >= 11 is 0. The number of benzene rings is 2. The van der Waals surface area contributed by atoms with Crippen molar-refractivity contribution in [3.8, 4) is 0 Å². The van der Waals surface area contributed by atoms with Gasteiger partial charge in [0.1, 0.15) is 5.82 Å². The molecule has 0 aromatic heterocycles. The third-order valence-corrected chi connectivity index (χ3v) is 3.57. The molecule has 5 nitrogen and oxygen atoms in total. The van der Waals surface area contributed by atoms with Gasteiger partial charge in [-0.25, -0.2) is 4.39 Å². The molecule has 0 atom stereocenters. The lowest BCUT2D eigenvalue weighted by molar-refractivity contribution is -0.119. The first-order valence-electron chi connectivity index (χ1n) is 8.22. The van der Waals surface area contributed by atoms with Gasteiger partial charge in [0.05, 0.1) is 6.54 Å². The lowest BCUT2D eigenvalue weighted by Gasteiger charge is -2.09. The van der Waals surface area contributed by atoms with Crippen molar-refractivity contribution in [1.82, 2.24) is 10.6 Å². The second-order valence-electron chi connectivity index (χ2n) is 5.55. The van der Waals surface area contributed by atoms with E-state index < -0.39 is 0 Å².